The fourth-order valence-electron chi connectivity index (χ4n) is 2.55. The summed E-state index contributed by atoms with van der Waals surface area (Å²) in [6.45, 7) is 10.6. The summed E-state index contributed by atoms with van der Waals surface area (Å²) in [4.78, 5) is 26.3. The lowest BCUT2D eigenvalue weighted by molar-refractivity contribution is -0.154. The van der Waals surface area contributed by atoms with Gasteiger partial charge in [0.1, 0.15) is 0 Å². The van der Waals surface area contributed by atoms with E-state index in [1.54, 1.807) is 6.92 Å². The third-order valence-corrected chi connectivity index (χ3v) is 3.86. The molecule has 0 aliphatic carbocycles. The monoisotopic (exact) mass is 348 g/mol. The lowest BCUT2D eigenvalue weighted by Gasteiger charge is -2.29. The summed E-state index contributed by atoms with van der Waals surface area (Å²) in [7, 11) is 0. The van der Waals surface area contributed by atoms with Crippen molar-refractivity contribution in [3.8, 4) is 0 Å². The number of morpholine rings is 1. The molecular formula is C19H28N2O4. The quantitative estimate of drug-likeness (QED) is 0.829. The summed E-state index contributed by atoms with van der Waals surface area (Å²) in [5.41, 5.74) is 1.62. The van der Waals surface area contributed by atoms with E-state index in [2.05, 4.69) is 10.2 Å². The van der Waals surface area contributed by atoms with Gasteiger partial charge >= 0.3 is 5.97 Å². The smallest absolute Gasteiger partial charge is 0.307 e. The zero-order valence-corrected chi connectivity index (χ0v) is 15.5. The van der Waals surface area contributed by atoms with Gasteiger partial charge in [0.15, 0.2) is 6.10 Å². The molecule has 1 aromatic carbocycles. The Labute approximate surface area is 149 Å². The maximum absolute atomic E-state index is 12.2. The van der Waals surface area contributed by atoms with Gasteiger partial charge in [0, 0.05) is 24.5 Å². The standard InChI is InChI=1S/C19H28N2O4/c1-14(25-17(22)13-19(2,3)4)18(23)20-15-5-7-16(8-6-15)21-9-11-24-12-10-21/h5-8,14H,9-13H2,1-4H3,(H,20,23)/t14-/m1/s1. The number of carbonyl (C=O) groups excluding carboxylic acids is 2. The number of hydrogen-bond acceptors (Lipinski definition) is 5. The van der Waals surface area contributed by atoms with E-state index in [-0.39, 0.29) is 23.7 Å². The number of amides is 1. The Hall–Kier alpha value is -2.08. The Morgan fingerprint density at radius 3 is 2.36 bits per heavy atom. The number of ether oxygens (including phenoxy) is 2. The maximum atomic E-state index is 12.2. The largest absolute Gasteiger partial charge is 0.453 e. The number of hydrogen-bond donors (Lipinski definition) is 1. The molecule has 1 aromatic rings. The fourth-order valence-corrected chi connectivity index (χ4v) is 2.55. The average molecular weight is 348 g/mol. The second kappa shape index (κ2) is 8.34. The molecule has 6 heteroatoms. The zero-order valence-electron chi connectivity index (χ0n) is 15.5. The van der Waals surface area contributed by atoms with Crippen molar-refractivity contribution in [2.24, 2.45) is 5.41 Å². The average Bonchev–Trinajstić information content (AvgIpc) is 2.54. The summed E-state index contributed by atoms with van der Waals surface area (Å²) in [6, 6.07) is 7.65. The van der Waals surface area contributed by atoms with Crippen LogP contribution in [0, 0.1) is 5.41 Å². The first-order chi connectivity index (χ1) is 11.7. The zero-order chi connectivity index (χ0) is 18.4. The van der Waals surface area contributed by atoms with Crippen LogP contribution in [0.25, 0.3) is 0 Å². The Kier molecular flexibility index (Phi) is 6.42. The molecule has 0 aromatic heterocycles. The number of esters is 1. The minimum atomic E-state index is -0.825. The van der Waals surface area contributed by atoms with Gasteiger partial charge in [-0.1, -0.05) is 20.8 Å². The van der Waals surface area contributed by atoms with Crippen LogP contribution in [0.1, 0.15) is 34.1 Å². The number of carbonyl (C=O) groups is 2. The van der Waals surface area contributed by atoms with Crippen LogP contribution in [0.4, 0.5) is 11.4 Å². The molecule has 1 aliphatic heterocycles. The molecule has 0 spiro atoms. The first-order valence-corrected chi connectivity index (χ1v) is 8.68. The van der Waals surface area contributed by atoms with E-state index in [0.29, 0.717) is 5.69 Å². The number of anilines is 2. The van der Waals surface area contributed by atoms with Gasteiger partial charge in [0.25, 0.3) is 5.91 Å². The summed E-state index contributed by atoms with van der Waals surface area (Å²) in [6.07, 6.45) is -0.549. The minimum absolute atomic E-state index is 0.164. The highest BCUT2D eigenvalue weighted by atomic mass is 16.5. The lowest BCUT2D eigenvalue weighted by Crippen LogP contribution is -2.36. The molecule has 0 saturated carbocycles. The van der Waals surface area contributed by atoms with E-state index < -0.39 is 6.10 Å². The molecule has 0 unspecified atom stereocenters. The number of nitrogens with one attached hydrogen (secondary N) is 1. The van der Waals surface area contributed by atoms with Crippen LogP contribution in [0.3, 0.4) is 0 Å². The molecule has 1 fully saturated rings. The molecule has 1 saturated heterocycles. The second-order valence-corrected chi connectivity index (χ2v) is 7.51. The molecule has 1 heterocycles. The van der Waals surface area contributed by atoms with Crippen LogP contribution >= 0.6 is 0 Å². The fraction of sp³-hybridized carbons (Fsp3) is 0.579. The summed E-state index contributed by atoms with van der Waals surface area (Å²) in [5, 5.41) is 2.78. The number of benzene rings is 1. The van der Waals surface area contributed by atoms with Gasteiger partial charge in [-0.25, -0.2) is 0 Å². The van der Waals surface area contributed by atoms with E-state index in [1.807, 2.05) is 45.0 Å². The van der Waals surface area contributed by atoms with Gasteiger partial charge in [0.05, 0.1) is 19.6 Å². The molecule has 25 heavy (non-hydrogen) atoms. The first kappa shape index (κ1) is 19.2. The first-order valence-electron chi connectivity index (χ1n) is 8.68. The molecule has 1 N–H and O–H groups in total. The van der Waals surface area contributed by atoms with Crippen molar-refractivity contribution < 1.29 is 19.1 Å². The van der Waals surface area contributed by atoms with Crippen molar-refractivity contribution in [1.29, 1.82) is 0 Å². The predicted octanol–water partition coefficient (Wildman–Crippen LogP) is 2.83. The van der Waals surface area contributed by atoms with E-state index in [0.717, 1.165) is 32.0 Å². The molecule has 1 amide bonds. The highest BCUT2D eigenvalue weighted by molar-refractivity contribution is 5.95. The van der Waals surface area contributed by atoms with Crippen molar-refractivity contribution in [3.63, 3.8) is 0 Å². The SMILES string of the molecule is C[C@@H](OC(=O)CC(C)(C)C)C(=O)Nc1ccc(N2CCOCC2)cc1. The van der Waals surface area contributed by atoms with Crippen LogP contribution in [0.15, 0.2) is 24.3 Å². The van der Waals surface area contributed by atoms with Gasteiger partial charge in [0.2, 0.25) is 0 Å². The molecule has 1 aliphatic rings. The Bertz CT molecular complexity index is 586. The van der Waals surface area contributed by atoms with Crippen LogP contribution in [-0.2, 0) is 19.1 Å². The van der Waals surface area contributed by atoms with Gasteiger partial charge < -0.3 is 19.7 Å². The molecule has 6 nitrogen and oxygen atoms in total. The highest BCUT2D eigenvalue weighted by Crippen LogP contribution is 2.21. The molecular weight excluding hydrogens is 320 g/mol. The third kappa shape index (κ3) is 6.38. The number of rotatable bonds is 5. The minimum Gasteiger partial charge on any atom is -0.453 e. The van der Waals surface area contributed by atoms with Crippen molar-refractivity contribution in [2.45, 2.75) is 40.2 Å². The van der Waals surface area contributed by atoms with Gasteiger partial charge in [-0.15, -0.1) is 0 Å². The molecule has 138 valence electrons. The normalized spacial score (nSPS) is 16.2. The van der Waals surface area contributed by atoms with Gasteiger partial charge in [-0.3, -0.25) is 9.59 Å². The Balaban J connectivity index is 1.86. The third-order valence-electron chi connectivity index (χ3n) is 3.86. The van der Waals surface area contributed by atoms with Gasteiger partial charge in [-0.2, -0.15) is 0 Å². The van der Waals surface area contributed by atoms with Crippen molar-refractivity contribution in [1.82, 2.24) is 0 Å². The maximum Gasteiger partial charge on any atom is 0.307 e. The summed E-state index contributed by atoms with van der Waals surface area (Å²) < 4.78 is 10.6. The van der Waals surface area contributed by atoms with E-state index in [9.17, 15) is 9.59 Å². The lowest BCUT2D eigenvalue weighted by atomic mass is 9.92. The van der Waals surface area contributed by atoms with E-state index >= 15 is 0 Å². The molecule has 0 radical (unpaired) electrons. The van der Waals surface area contributed by atoms with Crippen molar-refractivity contribution in [2.75, 3.05) is 36.5 Å². The molecule has 1 atom stereocenters. The van der Waals surface area contributed by atoms with E-state index in [1.165, 1.54) is 0 Å². The van der Waals surface area contributed by atoms with Gasteiger partial charge in [-0.05, 0) is 36.6 Å². The Morgan fingerprint density at radius 1 is 1.20 bits per heavy atom. The van der Waals surface area contributed by atoms with Crippen LogP contribution in [-0.4, -0.2) is 44.3 Å². The Morgan fingerprint density at radius 2 is 1.80 bits per heavy atom. The highest BCUT2D eigenvalue weighted by Gasteiger charge is 2.22. The van der Waals surface area contributed by atoms with Crippen molar-refractivity contribution >= 4 is 23.3 Å². The predicted molar refractivity (Wildman–Crippen MR) is 97.7 cm³/mol. The topological polar surface area (TPSA) is 67.9 Å². The second-order valence-electron chi connectivity index (χ2n) is 7.51. The molecule has 0 bridgehead atoms. The van der Waals surface area contributed by atoms with Crippen molar-refractivity contribution in [3.05, 3.63) is 24.3 Å². The molecule has 2 rings (SSSR count). The summed E-state index contributed by atoms with van der Waals surface area (Å²) >= 11 is 0. The van der Waals surface area contributed by atoms with Crippen LogP contribution in [0.2, 0.25) is 0 Å². The van der Waals surface area contributed by atoms with Crippen LogP contribution in [0.5, 0.6) is 0 Å². The number of nitrogens with zero attached hydrogens (tertiary/aromatic N) is 1. The van der Waals surface area contributed by atoms with E-state index in [4.69, 9.17) is 9.47 Å². The van der Waals surface area contributed by atoms with Crippen LogP contribution < -0.4 is 10.2 Å². The summed E-state index contributed by atoms with van der Waals surface area (Å²) in [5.74, 6) is -0.695.